The summed E-state index contributed by atoms with van der Waals surface area (Å²) in [5.41, 5.74) is 1.08. The number of benzene rings is 1. The molecule has 0 spiro atoms. The molecule has 0 unspecified atom stereocenters. The Kier molecular flexibility index (Phi) is 5.12. The number of alkyl halides is 3. The number of methoxy groups -OCH3 is 2. The highest BCUT2D eigenvalue weighted by Crippen LogP contribution is 2.34. The van der Waals surface area contributed by atoms with Crippen molar-refractivity contribution >= 4 is 28.2 Å². The van der Waals surface area contributed by atoms with E-state index in [1.807, 2.05) is 0 Å². The fraction of sp³-hybridized carbons (Fsp3) is 0.308. The molecular weight excluding hydrogens is 349 g/mol. The molecule has 7 nitrogen and oxygen atoms in total. The normalized spacial score (nSPS) is 11.1. The number of aryl methyl sites for hydroxylation is 1. The summed E-state index contributed by atoms with van der Waals surface area (Å²) in [5.74, 6) is 0.883. The zero-order valence-electron chi connectivity index (χ0n) is 12.8. The summed E-state index contributed by atoms with van der Waals surface area (Å²) in [6.07, 6.45) is -4.60. The minimum atomic E-state index is -4.60. The molecular formula is C13H13F3N4O3S. The number of carbonyl (C=O) groups is 1. The summed E-state index contributed by atoms with van der Waals surface area (Å²) >= 11 is 0.233. The standard InChI is InChI=1S/C13H13F3N4O3S/c1-6-4-8(22-2)9(23-3)5-7(6)17-11(21)18-12-20-19-10(24-12)13(14,15)16/h4-5H,1-3H3,(H2,17,18,20,21). The summed E-state index contributed by atoms with van der Waals surface area (Å²) in [7, 11) is 2.92. The van der Waals surface area contributed by atoms with Crippen LogP contribution in [-0.2, 0) is 6.18 Å². The van der Waals surface area contributed by atoms with Gasteiger partial charge >= 0.3 is 12.2 Å². The molecule has 1 heterocycles. The molecule has 0 fully saturated rings. The number of anilines is 2. The molecule has 2 amide bonds. The van der Waals surface area contributed by atoms with Gasteiger partial charge in [0.15, 0.2) is 11.5 Å². The lowest BCUT2D eigenvalue weighted by Gasteiger charge is -2.13. The minimum absolute atomic E-state index is 0.233. The second-order valence-corrected chi connectivity index (χ2v) is 5.49. The number of halogens is 3. The first-order chi connectivity index (χ1) is 11.2. The van der Waals surface area contributed by atoms with Crippen LogP contribution in [0, 0.1) is 6.92 Å². The molecule has 0 atom stereocenters. The number of hydrogen-bond acceptors (Lipinski definition) is 6. The van der Waals surface area contributed by atoms with E-state index >= 15 is 0 Å². The molecule has 130 valence electrons. The highest BCUT2D eigenvalue weighted by Gasteiger charge is 2.35. The van der Waals surface area contributed by atoms with Crippen molar-refractivity contribution in [3.63, 3.8) is 0 Å². The van der Waals surface area contributed by atoms with E-state index in [0.717, 1.165) is 0 Å². The quantitative estimate of drug-likeness (QED) is 0.869. The number of amides is 2. The third-order valence-electron chi connectivity index (χ3n) is 2.87. The Labute approximate surface area is 138 Å². The maximum absolute atomic E-state index is 12.4. The minimum Gasteiger partial charge on any atom is -0.493 e. The fourth-order valence-corrected chi connectivity index (χ4v) is 2.36. The average molecular weight is 362 g/mol. The molecule has 0 bridgehead atoms. The van der Waals surface area contributed by atoms with Gasteiger partial charge in [0.25, 0.3) is 0 Å². The van der Waals surface area contributed by atoms with Crippen molar-refractivity contribution in [1.82, 2.24) is 10.2 Å². The lowest BCUT2D eigenvalue weighted by atomic mass is 10.1. The Morgan fingerprint density at radius 3 is 2.29 bits per heavy atom. The topological polar surface area (TPSA) is 85.4 Å². The van der Waals surface area contributed by atoms with Crippen molar-refractivity contribution in [3.8, 4) is 11.5 Å². The van der Waals surface area contributed by atoms with Gasteiger partial charge in [-0.1, -0.05) is 11.3 Å². The van der Waals surface area contributed by atoms with Crippen LogP contribution in [0.3, 0.4) is 0 Å². The largest absolute Gasteiger partial charge is 0.493 e. The van der Waals surface area contributed by atoms with Crippen LogP contribution >= 0.6 is 11.3 Å². The lowest BCUT2D eigenvalue weighted by Crippen LogP contribution is -2.20. The van der Waals surface area contributed by atoms with E-state index in [1.165, 1.54) is 20.3 Å². The Morgan fingerprint density at radius 1 is 1.12 bits per heavy atom. The van der Waals surface area contributed by atoms with Crippen LogP contribution in [-0.4, -0.2) is 30.4 Å². The summed E-state index contributed by atoms with van der Waals surface area (Å²) in [4.78, 5) is 11.9. The summed E-state index contributed by atoms with van der Waals surface area (Å²) in [6, 6.07) is 2.44. The maximum Gasteiger partial charge on any atom is 0.445 e. The second kappa shape index (κ2) is 6.91. The van der Waals surface area contributed by atoms with Crippen LogP contribution in [0.5, 0.6) is 11.5 Å². The molecule has 1 aromatic carbocycles. The first-order valence-corrected chi connectivity index (χ1v) is 7.27. The summed E-state index contributed by atoms with van der Waals surface area (Å²) in [5, 5.41) is 9.56. The van der Waals surface area contributed by atoms with Crippen molar-refractivity contribution in [2.24, 2.45) is 0 Å². The molecule has 0 saturated carbocycles. The van der Waals surface area contributed by atoms with Gasteiger partial charge in [-0.15, -0.1) is 10.2 Å². The van der Waals surface area contributed by atoms with Crippen LogP contribution in [0.2, 0.25) is 0 Å². The predicted molar refractivity (Wildman–Crippen MR) is 81.8 cm³/mol. The molecule has 2 N–H and O–H groups in total. The molecule has 11 heteroatoms. The van der Waals surface area contributed by atoms with E-state index in [0.29, 0.717) is 22.7 Å². The molecule has 0 aliphatic carbocycles. The maximum atomic E-state index is 12.4. The third kappa shape index (κ3) is 4.04. The van der Waals surface area contributed by atoms with Gasteiger partial charge in [0.05, 0.1) is 14.2 Å². The molecule has 24 heavy (non-hydrogen) atoms. The van der Waals surface area contributed by atoms with E-state index in [4.69, 9.17) is 9.47 Å². The number of carbonyl (C=O) groups excluding carboxylic acids is 1. The Morgan fingerprint density at radius 2 is 1.75 bits per heavy atom. The van der Waals surface area contributed by atoms with E-state index < -0.39 is 17.2 Å². The van der Waals surface area contributed by atoms with Gasteiger partial charge in [-0.25, -0.2) is 4.79 Å². The number of urea groups is 1. The average Bonchev–Trinajstić information content (AvgIpc) is 2.97. The molecule has 0 aliphatic rings. The SMILES string of the molecule is COc1cc(C)c(NC(=O)Nc2nnc(C(F)(F)F)s2)cc1OC. The zero-order valence-corrected chi connectivity index (χ0v) is 13.6. The van der Waals surface area contributed by atoms with Crippen molar-refractivity contribution in [2.45, 2.75) is 13.1 Å². The number of hydrogen-bond donors (Lipinski definition) is 2. The van der Waals surface area contributed by atoms with Crippen molar-refractivity contribution in [1.29, 1.82) is 0 Å². The Hall–Kier alpha value is -2.56. The van der Waals surface area contributed by atoms with Crippen molar-refractivity contribution in [2.75, 3.05) is 24.9 Å². The summed E-state index contributed by atoms with van der Waals surface area (Å²) < 4.78 is 47.6. The molecule has 0 aliphatic heterocycles. The Bertz CT molecular complexity index is 749. The molecule has 0 radical (unpaired) electrons. The first kappa shape index (κ1) is 17.8. The van der Waals surface area contributed by atoms with Gasteiger partial charge in [-0.05, 0) is 18.6 Å². The molecule has 2 rings (SSSR count). The van der Waals surface area contributed by atoms with Gasteiger partial charge in [0.2, 0.25) is 10.1 Å². The monoisotopic (exact) mass is 362 g/mol. The summed E-state index contributed by atoms with van der Waals surface area (Å²) in [6.45, 7) is 1.73. The smallest absolute Gasteiger partial charge is 0.445 e. The van der Waals surface area contributed by atoms with Crippen LogP contribution in [0.15, 0.2) is 12.1 Å². The van der Waals surface area contributed by atoms with Gasteiger partial charge in [0, 0.05) is 11.8 Å². The highest BCUT2D eigenvalue weighted by atomic mass is 32.1. The van der Waals surface area contributed by atoms with E-state index in [-0.39, 0.29) is 16.5 Å². The number of nitrogens with zero attached hydrogens (tertiary/aromatic N) is 2. The van der Waals surface area contributed by atoms with E-state index in [1.54, 1.807) is 13.0 Å². The number of ether oxygens (including phenoxy) is 2. The van der Waals surface area contributed by atoms with E-state index in [9.17, 15) is 18.0 Å². The Balaban J connectivity index is 2.11. The number of aromatic nitrogens is 2. The molecule has 2 aromatic rings. The van der Waals surface area contributed by atoms with Gasteiger partial charge in [-0.2, -0.15) is 13.2 Å². The zero-order chi connectivity index (χ0) is 17.9. The van der Waals surface area contributed by atoms with E-state index in [2.05, 4.69) is 20.8 Å². The highest BCUT2D eigenvalue weighted by molar-refractivity contribution is 7.15. The van der Waals surface area contributed by atoms with Crippen LogP contribution < -0.4 is 20.1 Å². The van der Waals surface area contributed by atoms with Crippen molar-refractivity contribution < 1.29 is 27.4 Å². The first-order valence-electron chi connectivity index (χ1n) is 6.46. The second-order valence-electron chi connectivity index (χ2n) is 4.51. The van der Waals surface area contributed by atoms with Crippen molar-refractivity contribution in [3.05, 3.63) is 22.7 Å². The lowest BCUT2D eigenvalue weighted by molar-refractivity contribution is -0.138. The third-order valence-corrected chi connectivity index (χ3v) is 3.75. The van der Waals surface area contributed by atoms with Crippen LogP contribution in [0.1, 0.15) is 10.6 Å². The van der Waals surface area contributed by atoms with Gasteiger partial charge in [0.1, 0.15) is 0 Å². The van der Waals surface area contributed by atoms with Gasteiger partial charge in [-0.3, -0.25) is 5.32 Å². The number of rotatable bonds is 4. The number of nitrogens with one attached hydrogen (secondary N) is 2. The fourth-order valence-electron chi connectivity index (χ4n) is 1.75. The molecule has 0 saturated heterocycles. The van der Waals surface area contributed by atoms with Crippen LogP contribution in [0.25, 0.3) is 0 Å². The molecule has 1 aromatic heterocycles. The van der Waals surface area contributed by atoms with Crippen LogP contribution in [0.4, 0.5) is 28.8 Å². The van der Waals surface area contributed by atoms with Gasteiger partial charge < -0.3 is 14.8 Å². The predicted octanol–water partition coefficient (Wildman–Crippen LogP) is 3.53.